The molecule has 0 saturated heterocycles. The average Bonchev–Trinajstić information content (AvgIpc) is 2.33. The van der Waals surface area contributed by atoms with Gasteiger partial charge in [-0.25, -0.2) is 9.97 Å². The zero-order chi connectivity index (χ0) is 13.8. The normalized spacial score (nSPS) is 27.1. The van der Waals surface area contributed by atoms with Gasteiger partial charge in [-0.3, -0.25) is 0 Å². The minimum atomic E-state index is 0.551. The standard InChI is InChI=1S/C15H26N4/c1-5-16-14-9-15(18-12(4)17-14)19-13-7-6-10(2)11(3)8-13/h9-11,13H,5-8H2,1-4H3,(H2,16,17,18,19). The molecule has 1 aromatic rings. The van der Waals surface area contributed by atoms with Crippen molar-refractivity contribution in [1.82, 2.24) is 9.97 Å². The highest BCUT2D eigenvalue weighted by atomic mass is 15.1. The van der Waals surface area contributed by atoms with E-state index in [0.717, 1.165) is 35.8 Å². The summed E-state index contributed by atoms with van der Waals surface area (Å²) in [6, 6.07) is 2.56. The van der Waals surface area contributed by atoms with Gasteiger partial charge in [0.05, 0.1) is 0 Å². The van der Waals surface area contributed by atoms with E-state index in [4.69, 9.17) is 0 Å². The lowest BCUT2D eigenvalue weighted by Gasteiger charge is -2.32. The van der Waals surface area contributed by atoms with Crippen molar-refractivity contribution in [2.24, 2.45) is 11.8 Å². The third-order valence-electron chi connectivity index (χ3n) is 4.15. The molecular formula is C15H26N4. The second-order valence-electron chi connectivity index (χ2n) is 5.82. The summed E-state index contributed by atoms with van der Waals surface area (Å²) < 4.78 is 0. The lowest BCUT2D eigenvalue weighted by atomic mass is 9.79. The Morgan fingerprint density at radius 1 is 1.16 bits per heavy atom. The van der Waals surface area contributed by atoms with E-state index in [2.05, 4.69) is 41.4 Å². The number of aryl methyl sites for hydroxylation is 1. The maximum Gasteiger partial charge on any atom is 0.132 e. The number of hydrogen-bond acceptors (Lipinski definition) is 4. The molecule has 2 rings (SSSR count). The van der Waals surface area contributed by atoms with Crippen LogP contribution in [0.3, 0.4) is 0 Å². The van der Waals surface area contributed by atoms with Crippen LogP contribution in [-0.4, -0.2) is 22.6 Å². The highest BCUT2D eigenvalue weighted by molar-refractivity contribution is 5.48. The van der Waals surface area contributed by atoms with Crippen molar-refractivity contribution in [2.45, 2.75) is 53.0 Å². The van der Waals surface area contributed by atoms with Gasteiger partial charge in [-0.15, -0.1) is 0 Å². The summed E-state index contributed by atoms with van der Waals surface area (Å²) in [4.78, 5) is 8.87. The van der Waals surface area contributed by atoms with E-state index >= 15 is 0 Å². The van der Waals surface area contributed by atoms with Crippen molar-refractivity contribution in [2.75, 3.05) is 17.2 Å². The Morgan fingerprint density at radius 2 is 1.89 bits per heavy atom. The Hall–Kier alpha value is -1.32. The van der Waals surface area contributed by atoms with E-state index in [1.807, 2.05) is 13.0 Å². The second kappa shape index (κ2) is 6.22. The molecule has 4 nitrogen and oxygen atoms in total. The molecule has 1 aromatic heterocycles. The van der Waals surface area contributed by atoms with Crippen LogP contribution in [0, 0.1) is 18.8 Å². The van der Waals surface area contributed by atoms with E-state index in [-0.39, 0.29) is 0 Å². The number of hydrogen-bond donors (Lipinski definition) is 2. The molecule has 1 fully saturated rings. The van der Waals surface area contributed by atoms with Crippen LogP contribution >= 0.6 is 0 Å². The number of rotatable bonds is 4. The topological polar surface area (TPSA) is 49.8 Å². The average molecular weight is 262 g/mol. The Kier molecular flexibility index (Phi) is 4.61. The quantitative estimate of drug-likeness (QED) is 0.872. The second-order valence-corrected chi connectivity index (χ2v) is 5.82. The van der Waals surface area contributed by atoms with Gasteiger partial charge in [-0.1, -0.05) is 13.8 Å². The number of anilines is 2. The molecule has 0 radical (unpaired) electrons. The van der Waals surface area contributed by atoms with Crippen LogP contribution in [0.2, 0.25) is 0 Å². The van der Waals surface area contributed by atoms with Gasteiger partial charge in [-0.2, -0.15) is 0 Å². The molecule has 1 saturated carbocycles. The van der Waals surface area contributed by atoms with Gasteiger partial charge < -0.3 is 10.6 Å². The zero-order valence-corrected chi connectivity index (χ0v) is 12.5. The summed E-state index contributed by atoms with van der Waals surface area (Å²) in [7, 11) is 0. The molecule has 0 amide bonds. The first-order valence-electron chi connectivity index (χ1n) is 7.44. The Labute approximate surface area is 116 Å². The molecule has 2 N–H and O–H groups in total. The van der Waals surface area contributed by atoms with E-state index < -0.39 is 0 Å². The predicted molar refractivity (Wildman–Crippen MR) is 80.5 cm³/mol. The summed E-state index contributed by atoms with van der Waals surface area (Å²) >= 11 is 0. The van der Waals surface area contributed by atoms with Crippen LogP contribution in [0.5, 0.6) is 0 Å². The fourth-order valence-electron chi connectivity index (χ4n) is 2.80. The molecule has 3 unspecified atom stereocenters. The number of nitrogens with zero attached hydrogens (tertiary/aromatic N) is 2. The van der Waals surface area contributed by atoms with Crippen LogP contribution in [0.1, 0.15) is 45.9 Å². The zero-order valence-electron chi connectivity index (χ0n) is 12.5. The molecule has 1 heterocycles. The van der Waals surface area contributed by atoms with Crippen molar-refractivity contribution in [3.63, 3.8) is 0 Å². The minimum absolute atomic E-state index is 0.551. The van der Waals surface area contributed by atoms with Gasteiger partial charge in [0.2, 0.25) is 0 Å². The van der Waals surface area contributed by atoms with Crippen molar-refractivity contribution in [1.29, 1.82) is 0 Å². The minimum Gasteiger partial charge on any atom is -0.370 e. The molecule has 4 heteroatoms. The van der Waals surface area contributed by atoms with Crippen LogP contribution in [-0.2, 0) is 0 Å². The molecule has 3 atom stereocenters. The van der Waals surface area contributed by atoms with Gasteiger partial charge in [-0.05, 0) is 44.9 Å². The SMILES string of the molecule is CCNc1cc(NC2CCC(C)C(C)C2)nc(C)n1. The van der Waals surface area contributed by atoms with Crippen LogP contribution in [0.15, 0.2) is 6.07 Å². The highest BCUT2D eigenvalue weighted by Gasteiger charge is 2.24. The van der Waals surface area contributed by atoms with E-state index in [1.165, 1.54) is 19.3 Å². The Morgan fingerprint density at radius 3 is 2.58 bits per heavy atom. The molecule has 1 aliphatic rings. The number of aromatic nitrogens is 2. The Bertz CT molecular complexity index is 419. The van der Waals surface area contributed by atoms with Crippen LogP contribution < -0.4 is 10.6 Å². The molecule has 1 aliphatic carbocycles. The lowest BCUT2D eigenvalue weighted by Crippen LogP contribution is -2.30. The molecule has 106 valence electrons. The van der Waals surface area contributed by atoms with Crippen LogP contribution in [0.25, 0.3) is 0 Å². The van der Waals surface area contributed by atoms with Gasteiger partial charge in [0, 0.05) is 18.7 Å². The molecule has 0 bridgehead atoms. The largest absolute Gasteiger partial charge is 0.370 e. The molecule has 19 heavy (non-hydrogen) atoms. The van der Waals surface area contributed by atoms with E-state index in [9.17, 15) is 0 Å². The fraction of sp³-hybridized carbons (Fsp3) is 0.733. The third kappa shape index (κ3) is 3.82. The molecule has 0 aliphatic heterocycles. The maximum absolute atomic E-state index is 4.49. The monoisotopic (exact) mass is 262 g/mol. The Balaban J connectivity index is 2.02. The maximum atomic E-state index is 4.49. The van der Waals surface area contributed by atoms with Crippen molar-refractivity contribution in [3.05, 3.63) is 11.9 Å². The van der Waals surface area contributed by atoms with Gasteiger partial charge in [0.1, 0.15) is 17.5 Å². The first kappa shape index (κ1) is 14.1. The predicted octanol–water partition coefficient (Wildman–Crippen LogP) is 3.45. The van der Waals surface area contributed by atoms with Gasteiger partial charge in [0.25, 0.3) is 0 Å². The molecule has 0 spiro atoms. The first-order valence-corrected chi connectivity index (χ1v) is 7.44. The van der Waals surface area contributed by atoms with Crippen LogP contribution in [0.4, 0.5) is 11.6 Å². The van der Waals surface area contributed by atoms with Crippen molar-refractivity contribution >= 4 is 11.6 Å². The summed E-state index contributed by atoms with van der Waals surface area (Å²) in [5.41, 5.74) is 0. The smallest absolute Gasteiger partial charge is 0.132 e. The first-order chi connectivity index (χ1) is 9.08. The van der Waals surface area contributed by atoms with Crippen molar-refractivity contribution < 1.29 is 0 Å². The number of nitrogens with one attached hydrogen (secondary N) is 2. The summed E-state index contributed by atoms with van der Waals surface area (Å²) in [6.07, 6.45) is 3.79. The summed E-state index contributed by atoms with van der Waals surface area (Å²) in [6.45, 7) is 9.62. The van der Waals surface area contributed by atoms with Gasteiger partial charge >= 0.3 is 0 Å². The van der Waals surface area contributed by atoms with Crippen molar-refractivity contribution in [3.8, 4) is 0 Å². The molecular weight excluding hydrogens is 236 g/mol. The lowest BCUT2D eigenvalue weighted by molar-refractivity contribution is 0.260. The summed E-state index contributed by atoms with van der Waals surface area (Å²) in [5.74, 6) is 4.33. The third-order valence-corrected chi connectivity index (χ3v) is 4.15. The summed E-state index contributed by atoms with van der Waals surface area (Å²) in [5, 5.41) is 6.83. The van der Waals surface area contributed by atoms with Gasteiger partial charge in [0.15, 0.2) is 0 Å². The fourth-order valence-corrected chi connectivity index (χ4v) is 2.80. The highest BCUT2D eigenvalue weighted by Crippen LogP contribution is 2.30. The molecule has 0 aromatic carbocycles. The van der Waals surface area contributed by atoms with E-state index in [1.54, 1.807) is 0 Å². The van der Waals surface area contributed by atoms with E-state index in [0.29, 0.717) is 6.04 Å².